The zero-order valence-corrected chi connectivity index (χ0v) is 19.1. The van der Waals surface area contributed by atoms with Crippen LogP contribution in [0.1, 0.15) is 29.3 Å². The highest BCUT2D eigenvalue weighted by molar-refractivity contribution is 5.86. The number of methoxy groups -OCH3 is 1. The minimum absolute atomic E-state index is 0.0193. The first kappa shape index (κ1) is 25.9. The second-order valence-electron chi connectivity index (χ2n) is 7.73. The Bertz CT molecular complexity index is 1140. The van der Waals surface area contributed by atoms with Crippen molar-refractivity contribution in [3.63, 3.8) is 0 Å². The molecule has 1 heterocycles. The second kappa shape index (κ2) is 11.2. The fraction of sp³-hybridized carbons (Fsp3) is 0.280. The standard InChI is InChI=1S/C25H24F5N3O2/c1-31-24(34)23(17-6-8-18(26)9-7-17)33(19-10-11-20(27)21(14-19)35-2)13-3-4-16-5-12-22(32-15-16)25(28,29)30/h5-12,14-15,23H,3-4,13H2,1-2H3,(H,31,34)/t23-/m0/s1. The molecule has 0 aliphatic heterocycles. The molecule has 1 amide bonds. The van der Waals surface area contributed by atoms with Crippen LogP contribution in [0.3, 0.4) is 0 Å². The van der Waals surface area contributed by atoms with Gasteiger partial charge in [0.05, 0.1) is 7.11 Å². The first-order chi connectivity index (χ1) is 16.6. The lowest BCUT2D eigenvalue weighted by molar-refractivity contribution is -0.141. The lowest BCUT2D eigenvalue weighted by Crippen LogP contribution is -2.40. The summed E-state index contributed by atoms with van der Waals surface area (Å²) in [5.41, 5.74) is 0.599. The monoisotopic (exact) mass is 493 g/mol. The smallest absolute Gasteiger partial charge is 0.433 e. The number of rotatable bonds is 9. The van der Waals surface area contributed by atoms with Gasteiger partial charge in [0.25, 0.3) is 0 Å². The molecule has 1 N–H and O–H groups in total. The summed E-state index contributed by atoms with van der Waals surface area (Å²) in [6, 6.07) is 11.0. The lowest BCUT2D eigenvalue weighted by atomic mass is 10.0. The van der Waals surface area contributed by atoms with E-state index in [-0.39, 0.29) is 18.2 Å². The topological polar surface area (TPSA) is 54.5 Å². The third kappa shape index (κ3) is 6.46. The molecule has 10 heteroatoms. The quantitative estimate of drug-likeness (QED) is 0.411. The number of nitrogens with zero attached hydrogens (tertiary/aromatic N) is 2. The van der Waals surface area contributed by atoms with Crippen LogP contribution in [0.25, 0.3) is 0 Å². The Kier molecular flexibility index (Phi) is 8.26. The summed E-state index contributed by atoms with van der Waals surface area (Å²) in [5.74, 6) is -1.44. The summed E-state index contributed by atoms with van der Waals surface area (Å²) >= 11 is 0. The van der Waals surface area contributed by atoms with E-state index in [1.54, 1.807) is 4.90 Å². The molecule has 3 rings (SSSR count). The number of carbonyl (C=O) groups is 1. The van der Waals surface area contributed by atoms with Crippen molar-refractivity contribution in [2.45, 2.75) is 25.1 Å². The normalized spacial score (nSPS) is 12.2. The third-order valence-electron chi connectivity index (χ3n) is 5.44. The summed E-state index contributed by atoms with van der Waals surface area (Å²) < 4.78 is 71.0. The van der Waals surface area contributed by atoms with Crippen molar-refractivity contribution in [1.82, 2.24) is 10.3 Å². The molecule has 0 bridgehead atoms. The van der Waals surface area contributed by atoms with Crippen LogP contribution >= 0.6 is 0 Å². The van der Waals surface area contributed by atoms with Gasteiger partial charge < -0.3 is 15.0 Å². The maximum absolute atomic E-state index is 14.1. The zero-order chi connectivity index (χ0) is 25.6. The molecular weight excluding hydrogens is 469 g/mol. The first-order valence-corrected chi connectivity index (χ1v) is 10.7. The fourth-order valence-corrected chi connectivity index (χ4v) is 3.68. The van der Waals surface area contributed by atoms with Crippen molar-refractivity contribution in [3.8, 4) is 5.75 Å². The highest BCUT2D eigenvalue weighted by atomic mass is 19.4. The van der Waals surface area contributed by atoms with E-state index >= 15 is 0 Å². The van der Waals surface area contributed by atoms with E-state index in [1.807, 2.05) is 0 Å². The second-order valence-corrected chi connectivity index (χ2v) is 7.73. The Morgan fingerprint density at radius 1 is 1.09 bits per heavy atom. The summed E-state index contributed by atoms with van der Waals surface area (Å²) in [5, 5.41) is 2.60. The lowest BCUT2D eigenvalue weighted by Gasteiger charge is -2.33. The maximum atomic E-state index is 14.1. The highest BCUT2D eigenvalue weighted by Gasteiger charge is 2.32. The van der Waals surface area contributed by atoms with Gasteiger partial charge in [-0.3, -0.25) is 9.78 Å². The van der Waals surface area contributed by atoms with E-state index in [2.05, 4.69) is 10.3 Å². The maximum Gasteiger partial charge on any atom is 0.433 e. The van der Waals surface area contributed by atoms with Gasteiger partial charge in [-0.15, -0.1) is 0 Å². The van der Waals surface area contributed by atoms with Crippen LogP contribution in [0, 0.1) is 11.6 Å². The van der Waals surface area contributed by atoms with Crippen molar-refractivity contribution in [2.24, 2.45) is 0 Å². The Labute approximate surface area is 199 Å². The van der Waals surface area contributed by atoms with Crippen molar-refractivity contribution < 1.29 is 31.5 Å². The van der Waals surface area contributed by atoms with Crippen LogP contribution in [-0.2, 0) is 17.4 Å². The van der Waals surface area contributed by atoms with Gasteiger partial charge in [0.1, 0.15) is 17.6 Å². The van der Waals surface area contributed by atoms with Gasteiger partial charge in [0.2, 0.25) is 5.91 Å². The largest absolute Gasteiger partial charge is 0.494 e. The van der Waals surface area contributed by atoms with Crippen molar-refractivity contribution >= 4 is 11.6 Å². The Hall–Kier alpha value is -3.69. The van der Waals surface area contributed by atoms with Crippen molar-refractivity contribution in [3.05, 3.63) is 89.2 Å². The number of aryl methyl sites for hydroxylation is 1. The molecule has 5 nitrogen and oxygen atoms in total. The van der Waals surface area contributed by atoms with Gasteiger partial charge >= 0.3 is 6.18 Å². The van der Waals surface area contributed by atoms with Gasteiger partial charge in [0.15, 0.2) is 11.6 Å². The van der Waals surface area contributed by atoms with Crippen LogP contribution in [0.5, 0.6) is 5.75 Å². The van der Waals surface area contributed by atoms with E-state index in [0.29, 0.717) is 29.7 Å². The molecule has 0 aliphatic rings. The van der Waals surface area contributed by atoms with E-state index < -0.39 is 29.5 Å². The van der Waals surface area contributed by atoms with Crippen LogP contribution in [-0.4, -0.2) is 31.6 Å². The molecule has 3 aromatic rings. The number of ether oxygens (including phenoxy) is 1. The number of aromatic nitrogens is 1. The molecule has 186 valence electrons. The van der Waals surface area contributed by atoms with Gasteiger partial charge in [-0.2, -0.15) is 13.2 Å². The van der Waals surface area contributed by atoms with E-state index in [9.17, 15) is 26.7 Å². The number of hydrogen-bond acceptors (Lipinski definition) is 4. The molecular formula is C25H24F5N3O2. The van der Waals surface area contributed by atoms with Gasteiger partial charge in [-0.25, -0.2) is 8.78 Å². The number of amides is 1. The minimum atomic E-state index is -4.52. The molecule has 1 atom stereocenters. The highest BCUT2D eigenvalue weighted by Crippen LogP contribution is 2.32. The van der Waals surface area contributed by atoms with E-state index in [1.165, 1.54) is 68.9 Å². The Balaban J connectivity index is 1.91. The molecule has 1 aromatic heterocycles. The summed E-state index contributed by atoms with van der Waals surface area (Å²) in [4.78, 5) is 18.1. The van der Waals surface area contributed by atoms with Crippen molar-refractivity contribution in [2.75, 3.05) is 25.6 Å². The number of alkyl halides is 3. The molecule has 0 fully saturated rings. The number of anilines is 1. The summed E-state index contributed by atoms with van der Waals surface area (Å²) in [6.07, 6.45) is -2.54. The molecule has 2 aromatic carbocycles. The number of benzene rings is 2. The average molecular weight is 493 g/mol. The molecule has 0 saturated carbocycles. The number of hydrogen-bond donors (Lipinski definition) is 1. The number of pyridine rings is 1. The average Bonchev–Trinajstić information content (AvgIpc) is 2.84. The van der Waals surface area contributed by atoms with Gasteiger partial charge in [-0.1, -0.05) is 18.2 Å². The number of likely N-dealkylation sites (N-methyl/N-ethyl adjacent to an activating group) is 1. The molecule has 35 heavy (non-hydrogen) atoms. The number of carbonyl (C=O) groups excluding carboxylic acids is 1. The summed E-state index contributed by atoms with van der Waals surface area (Å²) in [7, 11) is 2.79. The molecule has 0 saturated heterocycles. The predicted octanol–water partition coefficient (Wildman–Crippen LogP) is 5.31. The molecule has 0 unspecified atom stereocenters. The zero-order valence-electron chi connectivity index (χ0n) is 19.1. The Morgan fingerprint density at radius 3 is 2.37 bits per heavy atom. The van der Waals surface area contributed by atoms with Gasteiger partial charge in [-0.05, 0) is 54.3 Å². The predicted molar refractivity (Wildman–Crippen MR) is 121 cm³/mol. The fourth-order valence-electron chi connectivity index (χ4n) is 3.68. The molecule has 0 radical (unpaired) electrons. The van der Waals surface area contributed by atoms with E-state index in [0.717, 1.165) is 6.07 Å². The summed E-state index contributed by atoms with van der Waals surface area (Å²) in [6.45, 7) is 0.269. The molecule has 0 aliphatic carbocycles. The van der Waals surface area contributed by atoms with Gasteiger partial charge in [0, 0.05) is 31.5 Å². The SMILES string of the molecule is CNC(=O)[C@H](c1ccc(F)cc1)N(CCCc1ccc(C(F)(F)F)nc1)c1ccc(F)c(OC)c1. The van der Waals surface area contributed by atoms with Crippen LogP contribution < -0.4 is 15.0 Å². The van der Waals surface area contributed by atoms with Crippen molar-refractivity contribution in [1.29, 1.82) is 0 Å². The first-order valence-electron chi connectivity index (χ1n) is 10.7. The van der Waals surface area contributed by atoms with Crippen LogP contribution in [0.2, 0.25) is 0 Å². The molecule has 0 spiro atoms. The number of nitrogens with one attached hydrogen (secondary N) is 1. The van der Waals surface area contributed by atoms with E-state index in [4.69, 9.17) is 4.74 Å². The third-order valence-corrected chi connectivity index (χ3v) is 5.44. The number of halogens is 5. The Morgan fingerprint density at radius 2 is 1.80 bits per heavy atom. The van der Waals surface area contributed by atoms with Crippen LogP contribution in [0.15, 0.2) is 60.8 Å². The van der Waals surface area contributed by atoms with Crippen LogP contribution in [0.4, 0.5) is 27.6 Å². The minimum Gasteiger partial charge on any atom is -0.494 e.